The quantitative estimate of drug-likeness (QED) is 0.603. The van der Waals surface area contributed by atoms with E-state index in [1.165, 1.54) is 16.2 Å². The van der Waals surface area contributed by atoms with E-state index < -0.39 is 0 Å². The monoisotopic (exact) mass is 364 g/mol. The van der Waals surface area contributed by atoms with Crippen LogP contribution in [0.15, 0.2) is 17.1 Å². The highest BCUT2D eigenvalue weighted by atomic mass is 32.1. The molecule has 1 fully saturated rings. The maximum Gasteiger partial charge on any atom is 0.224 e. The molecule has 2 unspecified atom stereocenters. The number of aliphatic imine (C=N–C) groups is 1. The van der Waals surface area contributed by atoms with Gasteiger partial charge >= 0.3 is 0 Å². The molecule has 2 rings (SSSR count). The molecule has 1 amide bonds. The first-order valence-corrected chi connectivity index (χ1v) is 10.1. The van der Waals surface area contributed by atoms with Crippen LogP contribution in [0.5, 0.6) is 0 Å². The maximum absolute atomic E-state index is 12.4. The summed E-state index contributed by atoms with van der Waals surface area (Å²) in [5.41, 5.74) is 0. The van der Waals surface area contributed by atoms with Gasteiger partial charge in [0.2, 0.25) is 5.91 Å². The lowest BCUT2D eigenvalue weighted by Crippen LogP contribution is -2.46. The third-order valence-corrected chi connectivity index (χ3v) is 5.69. The second kappa shape index (κ2) is 9.80. The summed E-state index contributed by atoms with van der Waals surface area (Å²) < 4.78 is 0. The van der Waals surface area contributed by atoms with Gasteiger partial charge in [-0.15, -0.1) is 11.3 Å². The third kappa shape index (κ3) is 6.34. The number of carbonyl (C=O) groups is 1. The van der Waals surface area contributed by atoms with E-state index >= 15 is 0 Å². The van der Waals surface area contributed by atoms with Crippen molar-refractivity contribution in [3.05, 3.63) is 21.9 Å². The van der Waals surface area contributed by atoms with Crippen molar-refractivity contribution in [2.75, 3.05) is 20.1 Å². The van der Waals surface area contributed by atoms with Crippen molar-refractivity contribution in [3.8, 4) is 0 Å². The molecule has 0 radical (unpaired) electrons. The Morgan fingerprint density at radius 2 is 2.24 bits per heavy atom. The molecule has 1 aromatic rings. The molecule has 140 valence electrons. The van der Waals surface area contributed by atoms with Crippen LogP contribution in [0.2, 0.25) is 0 Å². The Morgan fingerprint density at radius 1 is 1.44 bits per heavy atom. The first kappa shape index (κ1) is 19.8. The second-order valence-electron chi connectivity index (χ2n) is 6.94. The number of amides is 1. The number of carbonyl (C=O) groups excluding carboxylic acids is 1. The van der Waals surface area contributed by atoms with Gasteiger partial charge in [-0.3, -0.25) is 9.79 Å². The van der Waals surface area contributed by atoms with Crippen molar-refractivity contribution in [1.29, 1.82) is 0 Å². The van der Waals surface area contributed by atoms with Crippen LogP contribution in [0.25, 0.3) is 0 Å². The summed E-state index contributed by atoms with van der Waals surface area (Å²) in [4.78, 5) is 21.4. The van der Waals surface area contributed by atoms with E-state index in [9.17, 15) is 4.79 Å². The number of hydrogen-bond donors (Lipinski definition) is 2. The number of hydrogen-bond acceptors (Lipinski definition) is 3. The predicted molar refractivity (Wildman–Crippen MR) is 106 cm³/mol. The fraction of sp³-hybridized carbons (Fsp3) is 0.684. The van der Waals surface area contributed by atoms with Crippen molar-refractivity contribution >= 4 is 23.2 Å². The van der Waals surface area contributed by atoms with Crippen LogP contribution < -0.4 is 10.6 Å². The Balaban J connectivity index is 1.71. The summed E-state index contributed by atoms with van der Waals surface area (Å²) >= 11 is 1.84. The Labute approximate surface area is 155 Å². The van der Waals surface area contributed by atoms with Crippen molar-refractivity contribution in [2.45, 2.75) is 65.0 Å². The van der Waals surface area contributed by atoms with Crippen molar-refractivity contribution < 1.29 is 4.79 Å². The fourth-order valence-electron chi connectivity index (χ4n) is 3.28. The van der Waals surface area contributed by atoms with Gasteiger partial charge in [0.05, 0.1) is 0 Å². The molecule has 0 aliphatic carbocycles. The van der Waals surface area contributed by atoms with E-state index in [1.54, 1.807) is 7.05 Å². The average molecular weight is 365 g/mol. The van der Waals surface area contributed by atoms with E-state index in [0.29, 0.717) is 25.0 Å². The molecule has 2 heterocycles. The van der Waals surface area contributed by atoms with Crippen molar-refractivity contribution in [2.24, 2.45) is 4.99 Å². The molecule has 6 heteroatoms. The van der Waals surface area contributed by atoms with Gasteiger partial charge in [0.25, 0.3) is 0 Å². The van der Waals surface area contributed by atoms with Crippen molar-refractivity contribution in [3.63, 3.8) is 0 Å². The van der Waals surface area contributed by atoms with E-state index in [0.717, 1.165) is 31.8 Å². The largest absolute Gasteiger partial charge is 0.356 e. The van der Waals surface area contributed by atoms with Crippen LogP contribution in [0.3, 0.4) is 0 Å². The number of guanidine groups is 1. The predicted octanol–water partition coefficient (Wildman–Crippen LogP) is 2.94. The minimum absolute atomic E-state index is 0.247. The third-order valence-electron chi connectivity index (χ3n) is 4.66. The molecule has 1 saturated heterocycles. The van der Waals surface area contributed by atoms with Crippen molar-refractivity contribution in [1.82, 2.24) is 15.5 Å². The number of thiophene rings is 1. The SMILES string of the molecule is CN=C(NCCC(=O)N1CCCCC1C)NC(C)Cc1ccc(C)s1. The Kier molecular flexibility index (Phi) is 7.75. The molecule has 1 aliphatic heterocycles. The molecule has 25 heavy (non-hydrogen) atoms. The van der Waals surface area contributed by atoms with Gasteiger partial charge in [0, 0.05) is 54.8 Å². The second-order valence-corrected chi connectivity index (χ2v) is 8.32. The highest BCUT2D eigenvalue weighted by molar-refractivity contribution is 7.11. The molecule has 2 N–H and O–H groups in total. The molecule has 0 aromatic carbocycles. The Morgan fingerprint density at radius 3 is 2.88 bits per heavy atom. The van der Waals surface area contributed by atoms with E-state index in [2.05, 4.69) is 48.5 Å². The average Bonchev–Trinajstić information content (AvgIpc) is 2.98. The summed E-state index contributed by atoms with van der Waals surface area (Å²) in [6, 6.07) is 5.02. The summed E-state index contributed by atoms with van der Waals surface area (Å²) in [6.07, 6.45) is 4.99. The maximum atomic E-state index is 12.4. The number of rotatable bonds is 6. The van der Waals surface area contributed by atoms with Gasteiger partial charge in [-0.05, 0) is 52.2 Å². The first-order valence-electron chi connectivity index (χ1n) is 9.31. The van der Waals surface area contributed by atoms with Crippen LogP contribution >= 0.6 is 11.3 Å². The molecule has 1 aliphatic rings. The number of piperidine rings is 1. The lowest BCUT2D eigenvalue weighted by atomic mass is 10.0. The number of nitrogens with zero attached hydrogens (tertiary/aromatic N) is 2. The fourth-order valence-corrected chi connectivity index (χ4v) is 4.29. The van der Waals surface area contributed by atoms with Crippen LogP contribution in [0.1, 0.15) is 49.3 Å². The minimum Gasteiger partial charge on any atom is -0.356 e. The summed E-state index contributed by atoms with van der Waals surface area (Å²) in [6.45, 7) is 7.96. The van der Waals surface area contributed by atoms with Gasteiger partial charge in [-0.1, -0.05) is 0 Å². The first-order chi connectivity index (χ1) is 12.0. The summed E-state index contributed by atoms with van der Waals surface area (Å²) in [5.74, 6) is 1.01. The van der Waals surface area contributed by atoms with Gasteiger partial charge in [0.15, 0.2) is 5.96 Å². The van der Waals surface area contributed by atoms with E-state index in [-0.39, 0.29) is 5.91 Å². The Hall–Kier alpha value is -1.56. The van der Waals surface area contributed by atoms with Gasteiger partial charge in [0.1, 0.15) is 0 Å². The number of nitrogens with one attached hydrogen (secondary N) is 2. The smallest absolute Gasteiger partial charge is 0.224 e. The molecule has 0 bridgehead atoms. The molecule has 2 atom stereocenters. The van der Waals surface area contributed by atoms with Crippen LogP contribution in [0.4, 0.5) is 0 Å². The molecular weight excluding hydrogens is 332 g/mol. The molecular formula is C19H32N4OS. The zero-order valence-corrected chi connectivity index (χ0v) is 16.8. The number of aryl methyl sites for hydroxylation is 1. The molecule has 1 aromatic heterocycles. The zero-order chi connectivity index (χ0) is 18.2. The summed E-state index contributed by atoms with van der Waals surface area (Å²) in [5, 5.41) is 6.68. The van der Waals surface area contributed by atoms with Gasteiger partial charge < -0.3 is 15.5 Å². The zero-order valence-electron chi connectivity index (χ0n) is 16.0. The summed E-state index contributed by atoms with van der Waals surface area (Å²) in [7, 11) is 1.77. The highest BCUT2D eigenvalue weighted by Gasteiger charge is 2.22. The lowest BCUT2D eigenvalue weighted by molar-refractivity contribution is -0.134. The lowest BCUT2D eigenvalue weighted by Gasteiger charge is -2.33. The molecule has 0 spiro atoms. The number of likely N-dealkylation sites (tertiary alicyclic amines) is 1. The normalized spacial score (nSPS) is 19.6. The standard InChI is InChI=1S/C19H32N4OS/c1-14(13-17-9-8-16(3)25-17)22-19(20-4)21-11-10-18(24)23-12-6-5-7-15(23)2/h8-9,14-15H,5-7,10-13H2,1-4H3,(H2,20,21,22). The topological polar surface area (TPSA) is 56.7 Å². The van der Waals surface area contributed by atoms with E-state index in [4.69, 9.17) is 0 Å². The minimum atomic E-state index is 0.247. The van der Waals surface area contributed by atoms with Gasteiger partial charge in [-0.25, -0.2) is 0 Å². The molecule has 5 nitrogen and oxygen atoms in total. The van der Waals surface area contributed by atoms with Crippen LogP contribution in [-0.4, -0.2) is 49.0 Å². The van der Waals surface area contributed by atoms with E-state index in [1.807, 2.05) is 16.2 Å². The Bertz CT molecular complexity index is 584. The molecule has 0 saturated carbocycles. The van der Waals surface area contributed by atoms with Crippen LogP contribution in [-0.2, 0) is 11.2 Å². The highest BCUT2D eigenvalue weighted by Crippen LogP contribution is 2.17. The van der Waals surface area contributed by atoms with Crippen LogP contribution in [0, 0.1) is 6.92 Å². The van der Waals surface area contributed by atoms with Gasteiger partial charge in [-0.2, -0.15) is 0 Å².